The van der Waals surface area contributed by atoms with E-state index in [4.69, 9.17) is 0 Å². The Morgan fingerprint density at radius 3 is 1.00 bits per heavy atom. The van der Waals surface area contributed by atoms with E-state index in [0.717, 1.165) is 0 Å². The van der Waals surface area contributed by atoms with E-state index in [1.165, 1.54) is 0 Å². The Kier molecular flexibility index (Phi) is 143. The van der Waals surface area contributed by atoms with Crippen molar-refractivity contribution >= 4 is 0 Å². The zero-order chi connectivity index (χ0) is 4.71. The van der Waals surface area contributed by atoms with Crippen LogP contribution in [0, 0.1) is 0 Å². The first-order chi connectivity index (χ1) is 2.41. The minimum atomic E-state index is 0. The molecule has 0 unspecified atom stereocenters. The fourth-order valence-electron chi connectivity index (χ4n) is 0. The molecule has 0 aliphatic rings. The van der Waals surface area contributed by atoms with Gasteiger partial charge in [-0.3, -0.25) is 0 Å². The van der Waals surface area contributed by atoms with Gasteiger partial charge in [0.25, 0.3) is 0 Å². The van der Waals surface area contributed by atoms with Crippen molar-refractivity contribution in [2.75, 3.05) is 0 Å². The molecule has 0 aromatic heterocycles. The number of rotatable bonds is 0. The third-order valence-electron chi connectivity index (χ3n) is 0. The van der Waals surface area contributed by atoms with Crippen LogP contribution in [0.15, 0.2) is 0 Å². The molecule has 0 amide bonds. The summed E-state index contributed by atoms with van der Waals surface area (Å²) in [4.78, 5) is 0. The first kappa shape index (κ1) is 29.2. The normalized spacial score (nSPS) is 2.00. The van der Waals surface area contributed by atoms with E-state index in [2.05, 4.69) is 0 Å². The van der Waals surface area contributed by atoms with Crippen molar-refractivity contribution in [2.24, 2.45) is 0 Å². The predicted molar refractivity (Wildman–Crippen MR) is 0 cm³/mol. The molecule has 0 saturated carbocycles. The second kappa shape index (κ2) is 39.1. The van der Waals surface area contributed by atoms with Gasteiger partial charge in [-0.2, -0.15) is 0 Å². The van der Waals surface area contributed by atoms with E-state index >= 15 is 0 Å². The van der Waals surface area contributed by atoms with E-state index in [9.17, 15) is 0 Å². The summed E-state index contributed by atoms with van der Waals surface area (Å²) in [6, 6.07) is 0. The molecule has 0 aromatic rings. The molecule has 0 saturated heterocycles. The van der Waals surface area contributed by atoms with Crippen molar-refractivity contribution in [3.05, 3.63) is 0 Å². The molecule has 8 heavy (non-hydrogen) atoms. The Labute approximate surface area is 135 Å². The summed E-state index contributed by atoms with van der Waals surface area (Å²) in [5.74, 6) is 0. The molecule has 0 aliphatic carbocycles. The third kappa shape index (κ3) is 41.9. The molecule has 0 rings (SSSR count). The number of hydrogen-bond donors (Lipinski definition) is 0. The van der Waals surface area contributed by atoms with Gasteiger partial charge in [-0.1, -0.05) is 0 Å². The van der Waals surface area contributed by atoms with Crippen LogP contribution in [0.25, 0.3) is 0 Å². The summed E-state index contributed by atoms with van der Waals surface area (Å²) in [7, 11) is 0. The van der Waals surface area contributed by atoms with Crippen molar-refractivity contribution < 1.29 is 139 Å². The second-order valence-corrected chi connectivity index (χ2v) is 37.3. The molecule has 0 atom stereocenters. The zero-order valence-corrected chi connectivity index (χ0v) is 26.7. The van der Waals surface area contributed by atoms with Crippen LogP contribution in [0.4, 0.5) is 0 Å². The Morgan fingerprint density at radius 1 is 1.00 bits per heavy atom. The topological polar surface area (TPSA) is 0 Å². The van der Waals surface area contributed by atoms with Crippen LogP contribution >= 0.6 is 0 Å². The van der Waals surface area contributed by atoms with Gasteiger partial charge in [-0.15, -0.1) is 0 Å². The molecular formula is W8-. The molecule has 0 spiro atoms. The van der Waals surface area contributed by atoms with Gasteiger partial charge in [0.2, 0.25) is 0 Å². The van der Waals surface area contributed by atoms with Gasteiger partial charge in [0, 0.05) is 63.2 Å². The Morgan fingerprint density at radius 2 is 1.00 bits per heavy atom. The molecule has 0 N–H and O–H groups in total. The van der Waals surface area contributed by atoms with E-state index < -0.39 is 0 Å². The Hall–Kier alpha value is 5.51. The Bertz CT molecular complexity index is 29.3. The van der Waals surface area contributed by atoms with Crippen molar-refractivity contribution in [2.45, 2.75) is 0 Å². The first-order valence-corrected chi connectivity index (χ1v) is 33.5. The minimum absolute atomic E-state index is 0. The quantitative estimate of drug-likeness (QED) is 0.321. The van der Waals surface area contributed by atoms with Gasteiger partial charge < -0.3 is 0 Å². The average Bonchev–Trinajstić information content (AvgIpc) is 1.46. The van der Waals surface area contributed by atoms with Crippen LogP contribution in [-0.2, 0) is 139 Å². The molecule has 8 heteroatoms. The van der Waals surface area contributed by atoms with Crippen LogP contribution in [0.3, 0.4) is 0 Å². The third-order valence-corrected chi connectivity index (χ3v) is 0. The summed E-state index contributed by atoms with van der Waals surface area (Å²) in [5, 5.41) is 0. The summed E-state index contributed by atoms with van der Waals surface area (Å²) < 4.78 is 0. The maximum atomic E-state index is 1.87. The molecule has 0 aliphatic heterocycles. The van der Waals surface area contributed by atoms with Crippen molar-refractivity contribution in [3.8, 4) is 0 Å². The molecular weight excluding hydrogens is 1470 g/mol. The summed E-state index contributed by atoms with van der Waals surface area (Å²) in [5.41, 5.74) is 0. The second-order valence-electron chi connectivity index (χ2n) is 0.0680. The van der Waals surface area contributed by atoms with Gasteiger partial charge in [0.1, 0.15) is 0 Å². The molecule has 0 aromatic carbocycles. The van der Waals surface area contributed by atoms with Crippen LogP contribution < -0.4 is 0 Å². The van der Waals surface area contributed by atoms with Crippen molar-refractivity contribution in [1.82, 2.24) is 0 Å². The van der Waals surface area contributed by atoms with Gasteiger partial charge >= 0.3 is 76.3 Å². The zero-order valence-electron chi connectivity index (χ0n) is 3.27. The summed E-state index contributed by atoms with van der Waals surface area (Å²) in [6.45, 7) is 0. The van der Waals surface area contributed by atoms with Crippen LogP contribution in [-0.4, -0.2) is 0 Å². The molecule has 49 valence electrons. The molecule has 0 radical (unpaired) electrons. The summed E-state index contributed by atoms with van der Waals surface area (Å²) >= 11 is 7.50. The van der Waals surface area contributed by atoms with Crippen LogP contribution in [0.2, 0.25) is 0 Å². The van der Waals surface area contributed by atoms with Gasteiger partial charge in [-0.25, -0.2) is 0 Å². The van der Waals surface area contributed by atoms with E-state index in [-0.39, 0.29) is 63.2 Å². The standard InChI is InChI=1S/8W/q;;;;;;;-1. The van der Waals surface area contributed by atoms with E-state index in [1.54, 1.807) is 32.4 Å². The number of hydrogen-bond acceptors (Lipinski definition) is 0. The average molecular weight is 1470 g/mol. The Balaban J connectivity index is -0.00000000567. The fraction of sp³-hybridized carbons (Fsp3) is 0. The first-order valence-electron chi connectivity index (χ1n) is 0.500. The fourth-order valence-corrected chi connectivity index (χ4v) is 0. The van der Waals surface area contributed by atoms with Gasteiger partial charge in [-0.05, 0) is 0 Å². The van der Waals surface area contributed by atoms with Crippen LogP contribution in [0.5, 0.6) is 0 Å². The predicted octanol–water partition coefficient (Wildman–Crippen LogP) is -0.0200. The van der Waals surface area contributed by atoms with Crippen molar-refractivity contribution in [1.29, 1.82) is 0 Å². The molecule has 0 heterocycles. The van der Waals surface area contributed by atoms with E-state index in [0.29, 0.717) is 11.4 Å². The molecule has 0 fully saturated rings. The van der Waals surface area contributed by atoms with E-state index in [1.807, 2.05) is 32.4 Å². The van der Waals surface area contributed by atoms with Gasteiger partial charge in [0.15, 0.2) is 0 Å². The summed E-state index contributed by atoms with van der Waals surface area (Å²) in [6.07, 6.45) is 0. The maximum absolute atomic E-state index is 1.87. The monoisotopic (exact) mass is 1470 g/mol. The SMILES string of the molecule is [W].[W].[W].[W]=[W].[W]=[W]=[W-]. The van der Waals surface area contributed by atoms with Gasteiger partial charge in [0.05, 0.1) is 0 Å². The van der Waals surface area contributed by atoms with Crippen molar-refractivity contribution in [3.63, 3.8) is 0 Å². The molecule has 0 nitrogen and oxygen atoms in total. The molecule has 0 bridgehead atoms. The van der Waals surface area contributed by atoms with Crippen LogP contribution in [0.1, 0.15) is 0 Å².